The van der Waals surface area contributed by atoms with Crippen molar-refractivity contribution in [3.05, 3.63) is 48.3 Å². The van der Waals surface area contributed by atoms with E-state index in [1.807, 2.05) is 11.0 Å². The summed E-state index contributed by atoms with van der Waals surface area (Å²) >= 11 is 0. The van der Waals surface area contributed by atoms with E-state index in [0.29, 0.717) is 49.1 Å². The number of carbonyl (C=O) groups is 1. The van der Waals surface area contributed by atoms with E-state index in [1.54, 1.807) is 35.2 Å². The monoisotopic (exact) mass is 343 g/mol. The molecule has 2 aliphatic heterocycles. The fourth-order valence-corrected chi connectivity index (χ4v) is 3.04. The van der Waals surface area contributed by atoms with Crippen molar-refractivity contribution < 1.29 is 18.7 Å². The highest BCUT2D eigenvalue weighted by molar-refractivity contribution is 5.90. The normalized spacial score (nSPS) is 16.0. The molecular formula is C18H18FN3O3. The van der Waals surface area contributed by atoms with Crippen molar-refractivity contribution in [1.82, 2.24) is 4.90 Å². The predicted molar refractivity (Wildman–Crippen MR) is 91.8 cm³/mol. The minimum atomic E-state index is -0.235. The number of benzene rings is 2. The smallest absolute Gasteiger partial charge is 0.321 e. The molecule has 2 aromatic rings. The highest BCUT2D eigenvalue weighted by atomic mass is 19.1. The lowest BCUT2D eigenvalue weighted by Gasteiger charge is -2.36. The summed E-state index contributed by atoms with van der Waals surface area (Å²) in [6.07, 6.45) is 0. The number of nitrogens with one attached hydrogen (secondary N) is 1. The second kappa shape index (κ2) is 6.51. The number of piperazine rings is 1. The van der Waals surface area contributed by atoms with E-state index in [4.69, 9.17) is 9.47 Å². The molecule has 0 spiro atoms. The fraction of sp³-hybridized carbons (Fsp3) is 0.278. The largest absolute Gasteiger partial charge is 0.454 e. The van der Waals surface area contributed by atoms with Gasteiger partial charge in [0.05, 0.1) is 5.69 Å². The zero-order valence-electron chi connectivity index (χ0n) is 13.6. The van der Waals surface area contributed by atoms with Crippen molar-refractivity contribution in [1.29, 1.82) is 0 Å². The van der Waals surface area contributed by atoms with E-state index in [2.05, 4.69) is 5.32 Å². The number of fused-ring (bicyclic) bond motifs is 1. The summed E-state index contributed by atoms with van der Waals surface area (Å²) in [6.45, 7) is 2.45. The number of nitrogens with zero attached hydrogens (tertiary/aromatic N) is 2. The van der Waals surface area contributed by atoms with Gasteiger partial charge >= 0.3 is 6.03 Å². The highest BCUT2D eigenvalue weighted by Gasteiger charge is 2.23. The van der Waals surface area contributed by atoms with Crippen LogP contribution in [-0.2, 0) is 0 Å². The van der Waals surface area contributed by atoms with Crippen LogP contribution >= 0.6 is 0 Å². The lowest BCUT2D eigenvalue weighted by molar-refractivity contribution is 0.174. The number of urea groups is 1. The van der Waals surface area contributed by atoms with Crippen molar-refractivity contribution in [2.45, 2.75) is 0 Å². The number of anilines is 2. The second-order valence-corrected chi connectivity index (χ2v) is 5.92. The van der Waals surface area contributed by atoms with E-state index in [0.717, 1.165) is 0 Å². The van der Waals surface area contributed by atoms with E-state index in [1.165, 1.54) is 6.07 Å². The van der Waals surface area contributed by atoms with Crippen LogP contribution in [0.3, 0.4) is 0 Å². The lowest BCUT2D eigenvalue weighted by Crippen LogP contribution is -2.50. The van der Waals surface area contributed by atoms with Crippen LogP contribution in [0.25, 0.3) is 0 Å². The molecule has 0 aromatic heterocycles. The maximum absolute atomic E-state index is 13.9. The lowest BCUT2D eigenvalue weighted by atomic mass is 10.2. The summed E-state index contributed by atoms with van der Waals surface area (Å²) in [5.74, 6) is 1.07. The minimum Gasteiger partial charge on any atom is -0.454 e. The van der Waals surface area contributed by atoms with E-state index >= 15 is 0 Å². The van der Waals surface area contributed by atoms with Gasteiger partial charge in [0.1, 0.15) is 5.82 Å². The van der Waals surface area contributed by atoms with Gasteiger partial charge in [0.25, 0.3) is 0 Å². The summed E-state index contributed by atoms with van der Waals surface area (Å²) in [5, 5.41) is 2.87. The van der Waals surface area contributed by atoms with Crippen LogP contribution in [0.15, 0.2) is 42.5 Å². The first-order valence-corrected chi connectivity index (χ1v) is 8.16. The van der Waals surface area contributed by atoms with E-state index in [9.17, 15) is 9.18 Å². The van der Waals surface area contributed by atoms with Crippen LogP contribution < -0.4 is 19.7 Å². The van der Waals surface area contributed by atoms with Crippen LogP contribution in [0.5, 0.6) is 11.5 Å². The molecule has 2 heterocycles. The quantitative estimate of drug-likeness (QED) is 0.911. The van der Waals surface area contributed by atoms with Gasteiger partial charge < -0.3 is 24.6 Å². The first kappa shape index (κ1) is 15.6. The summed E-state index contributed by atoms with van der Waals surface area (Å²) in [5.41, 5.74) is 1.24. The van der Waals surface area contributed by atoms with Gasteiger partial charge in [-0.25, -0.2) is 9.18 Å². The zero-order chi connectivity index (χ0) is 17.2. The number of ether oxygens (including phenoxy) is 2. The number of halogens is 1. The molecule has 6 nitrogen and oxygen atoms in total. The molecule has 0 radical (unpaired) electrons. The van der Waals surface area contributed by atoms with Crippen LogP contribution in [0, 0.1) is 5.82 Å². The molecule has 2 aliphatic rings. The van der Waals surface area contributed by atoms with Gasteiger partial charge in [0.2, 0.25) is 6.79 Å². The number of carbonyl (C=O) groups excluding carboxylic acids is 1. The second-order valence-electron chi connectivity index (χ2n) is 5.92. The van der Waals surface area contributed by atoms with Crippen LogP contribution in [0.1, 0.15) is 0 Å². The van der Waals surface area contributed by atoms with Crippen LogP contribution in [-0.4, -0.2) is 43.9 Å². The van der Waals surface area contributed by atoms with Gasteiger partial charge in [-0.1, -0.05) is 12.1 Å². The predicted octanol–water partition coefficient (Wildman–Crippen LogP) is 2.91. The molecule has 25 heavy (non-hydrogen) atoms. The minimum absolute atomic E-state index is 0.174. The average Bonchev–Trinajstić information content (AvgIpc) is 3.10. The van der Waals surface area contributed by atoms with Gasteiger partial charge in [-0.2, -0.15) is 0 Å². The number of para-hydroxylation sites is 1. The Hall–Kier alpha value is -2.96. The Bertz CT molecular complexity index is 791. The van der Waals surface area contributed by atoms with Gasteiger partial charge in [0.15, 0.2) is 11.5 Å². The first-order chi connectivity index (χ1) is 12.2. The third kappa shape index (κ3) is 3.17. The van der Waals surface area contributed by atoms with Crippen molar-refractivity contribution in [2.75, 3.05) is 43.2 Å². The van der Waals surface area contributed by atoms with Gasteiger partial charge in [-0.3, -0.25) is 0 Å². The molecule has 2 aromatic carbocycles. The molecule has 2 amide bonds. The first-order valence-electron chi connectivity index (χ1n) is 8.16. The number of hydrogen-bond donors (Lipinski definition) is 1. The summed E-state index contributed by atoms with van der Waals surface area (Å²) in [4.78, 5) is 16.1. The fourth-order valence-electron chi connectivity index (χ4n) is 3.04. The van der Waals surface area contributed by atoms with Gasteiger partial charge in [-0.05, 0) is 24.3 Å². The number of hydrogen-bond acceptors (Lipinski definition) is 4. The Labute approximate surface area is 144 Å². The standard InChI is InChI=1S/C18H18FN3O3/c19-14-3-1-2-4-15(14)21-7-9-22(10-8-21)18(23)20-13-5-6-16-17(11-13)25-12-24-16/h1-6,11H,7-10,12H2,(H,20,23). The van der Waals surface area contributed by atoms with Gasteiger partial charge in [-0.15, -0.1) is 0 Å². The van der Waals surface area contributed by atoms with Crippen LogP contribution in [0.4, 0.5) is 20.6 Å². The molecule has 0 unspecified atom stereocenters. The molecule has 1 saturated heterocycles. The highest BCUT2D eigenvalue weighted by Crippen LogP contribution is 2.34. The third-order valence-electron chi connectivity index (χ3n) is 4.38. The van der Waals surface area contributed by atoms with Crippen LogP contribution in [0.2, 0.25) is 0 Å². The molecular weight excluding hydrogens is 325 g/mol. The summed E-state index contributed by atoms with van der Waals surface area (Å²) in [6, 6.07) is 11.8. The summed E-state index contributed by atoms with van der Waals surface area (Å²) < 4.78 is 24.4. The molecule has 1 fully saturated rings. The Morgan fingerprint density at radius 1 is 1.00 bits per heavy atom. The number of rotatable bonds is 2. The molecule has 0 saturated carbocycles. The topological polar surface area (TPSA) is 54.0 Å². The maximum Gasteiger partial charge on any atom is 0.321 e. The third-order valence-corrected chi connectivity index (χ3v) is 4.38. The SMILES string of the molecule is O=C(Nc1ccc2c(c1)OCO2)N1CCN(c2ccccc2F)CC1. The van der Waals surface area contributed by atoms with Crippen molar-refractivity contribution in [3.63, 3.8) is 0 Å². The molecule has 7 heteroatoms. The average molecular weight is 343 g/mol. The van der Waals surface area contributed by atoms with E-state index in [-0.39, 0.29) is 18.6 Å². The van der Waals surface area contributed by atoms with Crippen molar-refractivity contribution >= 4 is 17.4 Å². The molecule has 0 aliphatic carbocycles. The molecule has 1 N–H and O–H groups in total. The van der Waals surface area contributed by atoms with E-state index < -0.39 is 0 Å². The molecule has 130 valence electrons. The zero-order valence-corrected chi connectivity index (χ0v) is 13.6. The number of amides is 2. The molecule has 0 atom stereocenters. The Morgan fingerprint density at radius 2 is 1.76 bits per heavy atom. The molecule has 0 bridgehead atoms. The Morgan fingerprint density at radius 3 is 2.56 bits per heavy atom. The summed E-state index contributed by atoms with van der Waals surface area (Å²) in [7, 11) is 0. The van der Waals surface area contributed by atoms with Crippen molar-refractivity contribution in [3.8, 4) is 11.5 Å². The molecule has 4 rings (SSSR count). The Balaban J connectivity index is 1.36. The van der Waals surface area contributed by atoms with Gasteiger partial charge in [0, 0.05) is 37.9 Å². The maximum atomic E-state index is 13.9. The Kier molecular flexibility index (Phi) is 4.05. The van der Waals surface area contributed by atoms with Crippen molar-refractivity contribution in [2.24, 2.45) is 0 Å².